The minimum Gasteiger partial charge on any atom is -0.496 e. The standard InChI is InChI=1S/C16H23N5O2S/c1-16(2,3)14-19-20-15(21(14)17)24-10-13(22)18-9-11-7-5-6-8-12(11)23-4/h5-8H,9-10,17H2,1-4H3,(H,18,22). The summed E-state index contributed by atoms with van der Waals surface area (Å²) in [6.07, 6.45) is 0. The van der Waals surface area contributed by atoms with Crippen LogP contribution in [0.15, 0.2) is 29.4 Å². The summed E-state index contributed by atoms with van der Waals surface area (Å²) in [6.45, 7) is 6.43. The monoisotopic (exact) mass is 349 g/mol. The number of aromatic nitrogens is 3. The summed E-state index contributed by atoms with van der Waals surface area (Å²) < 4.78 is 6.71. The van der Waals surface area contributed by atoms with E-state index >= 15 is 0 Å². The van der Waals surface area contributed by atoms with Gasteiger partial charge in [-0.25, -0.2) is 4.68 Å². The number of para-hydroxylation sites is 1. The number of rotatable bonds is 6. The first-order valence-electron chi connectivity index (χ1n) is 7.55. The van der Waals surface area contributed by atoms with Crippen LogP contribution in [0.25, 0.3) is 0 Å². The van der Waals surface area contributed by atoms with Crippen molar-refractivity contribution in [3.05, 3.63) is 35.7 Å². The molecule has 8 heteroatoms. The zero-order valence-electron chi connectivity index (χ0n) is 14.4. The Bertz CT molecular complexity index is 709. The Labute approximate surface area is 145 Å². The van der Waals surface area contributed by atoms with Gasteiger partial charge in [0.2, 0.25) is 11.1 Å². The molecule has 0 saturated heterocycles. The number of carbonyl (C=O) groups excluding carboxylic acids is 1. The molecule has 3 N–H and O–H groups in total. The summed E-state index contributed by atoms with van der Waals surface area (Å²) in [4.78, 5) is 12.0. The highest BCUT2D eigenvalue weighted by atomic mass is 32.2. The maximum atomic E-state index is 12.0. The minimum absolute atomic E-state index is 0.105. The van der Waals surface area contributed by atoms with E-state index in [2.05, 4.69) is 15.5 Å². The largest absolute Gasteiger partial charge is 0.496 e. The number of hydrogen-bond donors (Lipinski definition) is 2. The highest BCUT2D eigenvalue weighted by molar-refractivity contribution is 7.99. The number of ether oxygens (including phenoxy) is 1. The molecule has 0 fully saturated rings. The van der Waals surface area contributed by atoms with E-state index in [1.54, 1.807) is 7.11 Å². The van der Waals surface area contributed by atoms with Gasteiger partial charge in [-0.3, -0.25) is 4.79 Å². The summed E-state index contributed by atoms with van der Waals surface area (Å²) in [5.41, 5.74) is 0.725. The van der Waals surface area contributed by atoms with Gasteiger partial charge < -0.3 is 15.9 Å². The lowest BCUT2D eigenvalue weighted by Crippen LogP contribution is -2.26. The van der Waals surface area contributed by atoms with Crippen LogP contribution < -0.4 is 15.9 Å². The molecule has 0 aliphatic heterocycles. The lowest BCUT2D eigenvalue weighted by molar-refractivity contribution is -0.118. The Balaban J connectivity index is 1.89. The van der Waals surface area contributed by atoms with Crippen LogP contribution in [0.1, 0.15) is 32.2 Å². The van der Waals surface area contributed by atoms with E-state index in [0.717, 1.165) is 11.3 Å². The normalized spacial score (nSPS) is 11.3. The lowest BCUT2D eigenvalue weighted by atomic mass is 9.96. The second-order valence-electron chi connectivity index (χ2n) is 6.30. The molecule has 0 aliphatic rings. The average molecular weight is 349 g/mol. The van der Waals surface area contributed by atoms with Crippen LogP contribution in [0, 0.1) is 0 Å². The van der Waals surface area contributed by atoms with Crippen LogP contribution in [-0.4, -0.2) is 33.6 Å². The molecule has 2 aromatic rings. The molecule has 0 unspecified atom stereocenters. The summed E-state index contributed by atoms with van der Waals surface area (Å²) in [6, 6.07) is 7.57. The van der Waals surface area contributed by atoms with Crippen molar-refractivity contribution < 1.29 is 9.53 Å². The molecule has 1 heterocycles. The fourth-order valence-electron chi connectivity index (χ4n) is 2.11. The van der Waals surface area contributed by atoms with Crippen molar-refractivity contribution in [2.24, 2.45) is 0 Å². The van der Waals surface area contributed by atoms with Crippen molar-refractivity contribution in [3.8, 4) is 5.75 Å². The van der Waals surface area contributed by atoms with Gasteiger partial charge in [-0.1, -0.05) is 50.7 Å². The van der Waals surface area contributed by atoms with Crippen LogP contribution in [-0.2, 0) is 16.8 Å². The first-order chi connectivity index (χ1) is 11.3. The number of hydrogen-bond acceptors (Lipinski definition) is 6. The van der Waals surface area contributed by atoms with Crippen LogP contribution in [0.2, 0.25) is 0 Å². The molecule has 24 heavy (non-hydrogen) atoms. The molecule has 1 amide bonds. The molecule has 0 radical (unpaired) electrons. The van der Waals surface area contributed by atoms with E-state index < -0.39 is 0 Å². The van der Waals surface area contributed by atoms with Crippen molar-refractivity contribution in [2.75, 3.05) is 18.7 Å². The van der Waals surface area contributed by atoms with Gasteiger partial charge in [0.25, 0.3) is 0 Å². The van der Waals surface area contributed by atoms with Gasteiger partial charge in [0.15, 0.2) is 5.82 Å². The number of methoxy groups -OCH3 is 1. The van der Waals surface area contributed by atoms with Gasteiger partial charge in [0.1, 0.15) is 5.75 Å². The molecule has 0 saturated carbocycles. The van der Waals surface area contributed by atoms with Crippen molar-refractivity contribution >= 4 is 17.7 Å². The third kappa shape index (κ3) is 4.41. The van der Waals surface area contributed by atoms with Gasteiger partial charge in [-0.15, -0.1) is 10.2 Å². The highest BCUT2D eigenvalue weighted by Gasteiger charge is 2.23. The summed E-state index contributed by atoms with van der Waals surface area (Å²) >= 11 is 1.26. The third-order valence-corrected chi connectivity index (χ3v) is 4.28. The van der Waals surface area contributed by atoms with Crippen LogP contribution in [0.4, 0.5) is 0 Å². The van der Waals surface area contributed by atoms with Crippen molar-refractivity contribution in [1.29, 1.82) is 0 Å². The van der Waals surface area contributed by atoms with Gasteiger partial charge in [-0.05, 0) is 6.07 Å². The van der Waals surface area contributed by atoms with E-state index in [4.69, 9.17) is 10.6 Å². The maximum Gasteiger partial charge on any atom is 0.230 e. The van der Waals surface area contributed by atoms with Gasteiger partial charge >= 0.3 is 0 Å². The quantitative estimate of drug-likeness (QED) is 0.609. The molecule has 0 bridgehead atoms. The predicted octanol–water partition coefficient (Wildman–Crippen LogP) is 1.71. The molecule has 0 spiro atoms. The first kappa shape index (κ1) is 18.1. The van der Waals surface area contributed by atoms with E-state index in [1.807, 2.05) is 45.0 Å². The Hall–Kier alpha value is -2.22. The summed E-state index contributed by atoms with van der Waals surface area (Å²) in [7, 11) is 1.61. The first-order valence-corrected chi connectivity index (χ1v) is 8.54. The van der Waals surface area contributed by atoms with Gasteiger partial charge in [0, 0.05) is 17.5 Å². The number of nitrogens with zero attached hydrogens (tertiary/aromatic N) is 3. The number of nitrogens with one attached hydrogen (secondary N) is 1. The Morgan fingerprint density at radius 2 is 2.04 bits per heavy atom. The van der Waals surface area contributed by atoms with E-state index in [9.17, 15) is 4.79 Å². The van der Waals surface area contributed by atoms with Crippen molar-refractivity contribution in [3.63, 3.8) is 0 Å². The molecule has 0 aliphatic carbocycles. The maximum absolute atomic E-state index is 12.0. The highest BCUT2D eigenvalue weighted by Crippen LogP contribution is 2.23. The van der Waals surface area contributed by atoms with E-state index in [0.29, 0.717) is 17.5 Å². The van der Waals surface area contributed by atoms with Gasteiger partial charge in [-0.2, -0.15) is 0 Å². The molecule has 1 aromatic heterocycles. The molecule has 0 atom stereocenters. The fraction of sp³-hybridized carbons (Fsp3) is 0.438. The number of nitrogen functional groups attached to an aromatic ring is 1. The van der Waals surface area contributed by atoms with Crippen molar-refractivity contribution in [1.82, 2.24) is 20.2 Å². The second-order valence-corrected chi connectivity index (χ2v) is 7.25. The third-order valence-electron chi connectivity index (χ3n) is 3.34. The number of nitrogens with two attached hydrogens (primary N) is 1. The second kappa shape index (κ2) is 7.57. The summed E-state index contributed by atoms with van der Waals surface area (Å²) in [5.74, 6) is 7.54. The molecular weight excluding hydrogens is 326 g/mol. The molecule has 7 nitrogen and oxygen atoms in total. The fourth-order valence-corrected chi connectivity index (χ4v) is 2.80. The SMILES string of the molecule is COc1ccccc1CNC(=O)CSc1nnc(C(C)(C)C)n1N. The lowest BCUT2D eigenvalue weighted by Gasteiger charge is -2.16. The molecule has 2 rings (SSSR count). The van der Waals surface area contributed by atoms with Crippen LogP contribution in [0.3, 0.4) is 0 Å². The molecule has 1 aromatic carbocycles. The number of thioether (sulfide) groups is 1. The Morgan fingerprint density at radius 3 is 2.67 bits per heavy atom. The number of benzene rings is 1. The van der Waals surface area contributed by atoms with Crippen molar-refractivity contribution in [2.45, 2.75) is 37.9 Å². The molecule has 130 valence electrons. The summed E-state index contributed by atoms with van der Waals surface area (Å²) in [5, 5.41) is 11.5. The average Bonchev–Trinajstić information content (AvgIpc) is 2.92. The zero-order valence-corrected chi connectivity index (χ0v) is 15.2. The van der Waals surface area contributed by atoms with Crippen LogP contribution in [0.5, 0.6) is 5.75 Å². The minimum atomic E-state index is -0.202. The predicted molar refractivity (Wildman–Crippen MR) is 94.4 cm³/mol. The van der Waals surface area contributed by atoms with Crippen LogP contribution >= 0.6 is 11.8 Å². The van der Waals surface area contributed by atoms with Gasteiger partial charge in [0.05, 0.1) is 12.9 Å². The number of carbonyl (C=O) groups is 1. The van der Waals surface area contributed by atoms with E-state index in [1.165, 1.54) is 16.4 Å². The smallest absolute Gasteiger partial charge is 0.230 e. The molecular formula is C16H23N5O2S. The number of amides is 1. The zero-order chi connectivity index (χ0) is 17.7. The van der Waals surface area contributed by atoms with E-state index in [-0.39, 0.29) is 17.1 Å². The Kier molecular flexibility index (Phi) is 5.71. The Morgan fingerprint density at radius 1 is 1.33 bits per heavy atom. The topological polar surface area (TPSA) is 95.1 Å².